The van der Waals surface area contributed by atoms with Gasteiger partial charge in [0, 0.05) is 12.5 Å². The van der Waals surface area contributed by atoms with E-state index in [1.165, 1.54) is 5.56 Å². The normalized spacial score (nSPS) is 11.5. The Hall–Kier alpha value is -1.35. The number of para-hydroxylation sites is 1. The van der Waals surface area contributed by atoms with Crippen LogP contribution in [0.2, 0.25) is 0 Å². The SMILES string of the molecule is CCc1cccc(C)c1N(COC)C(=O)C(C)(C)C. The number of amides is 1. The number of carbonyl (C=O) groups excluding carboxylic acids is 1. The first-order valence-electron chi connectivity index (χ1n) is 6.72. The first-order valence-corrected chi connectivity index (χ1v) is 6.72. The molecule has 0 fully saturated rings. The molecule has 1 aromatic carbocycles. The van der Waals surface area contributed by atoms with Gasteiger partial charge in [-0.1, -0.05) is 45.9 Å². The fourth-order valence-electron chi connectivity index (χ4n) is 2.15. The summed E-state index contributed by atoms with van der Waals surface area (Å²) in [5.74, 6) is 0.0818. The predicted molar refractivity (Wildman–Crippen MR) is 79.4 cm³/mol. The number of anilines is 1. The fraction of sp³-hybridized carbons (Fsp3) is 0.562. The van der Waals surface area contributed by atoms with Gasteiger partial charge in [0.1, 0.15) is 6.73 Å². The molecule has 3 nitrogen and oxygen atoms in total. The molecule has 0 saturated heterocycles. The first-order chi connectivity index (χ1) is 8.82. The molecule has 19 heavy (non-hydrogen) atoms. The van der Waals surface area contributed by atoms with Crippen molar-refractivity contribution in [1.82, 2.24) is 0 Å². The summed E-state index contributed by atoms with van der Waals surface area (Å²) in [5.41, 5.74) is 2.85. The average Bonchev–Trinajstić information content (AvgIpc) is 2.34. The van der Waals surface area contributed by atoms with Crippen LogP contribution in [0.3, 0.4) is 0 Å². The Balaban J connectivity index is 3.31. The number of hydrogen-bond donors (Lipinski definition) is 0. The molecule has 1 rings (SSSR count). The van der Waals surface area contributed by atoms with Gasteiger partial charge >= 0.3 is 0 Å². The number of methoxy groups -OCH3 is 1. The molecule has 0 aliphatic rings. The van der Waals surface area contributed by atoms with Gasteiger partial charge < -0.3 is 4.74 Å². The van der Waals surface area contributed by atoms with Crippen molar-refractivity contribution in [3.05, 3.63) is 29.3 Å². The van der Waals surface area contributed by atoms with Gasteiger partial charge in [-0.25, -0.2) is 0 Å². The molecule has 3 heteroatoms. The second-order valence-electron chi connectivity index (χ2n) is 5.84. The lowest BCUT2D eigenvalue weighted by Gasteiger charge is -2.31. The lowest BCUT2D eigenvalue weighted by Crippen LogP contribution is -2.41. The average molecular weight is 263 g/mol. The maximum Gasteiger partial charge on any atom is 0.234 e. The number of nitrogens with zero attached hydrogens (tertiary/aromatic N) is 1. The quantitative estimate of drug-likeness (QED) is 0.778. The van der Waals surface area contributed by atoms with Gasteiger partial charge in [-0.05, 0) is 24.5 Å². The summed E-state index contributed by atoms with van der Waals surface area (Å²) in [6.45, 7) is 10.2. The Morgan fingerprint density at radius 2 is 1.95 bits per heavy atom. The second-order valence-corrected chi connectivity index (χ2v) is 5.84. The zero-order chi connectivity index (χ0) is 14.6. The smallest absolute Gasteiger partial charge is 0.234 e. The number of ether oxygens (including phenoxy) is 1. The van der Waals surface area contributed by atoms with Gasteiger partial charge in [-0.2, -0.15) is 0 Å². The van der Waals surface area contributed by atoms with E-state index < -0.39 is 5.41 Å². The Morgan fingerprint density at radius 1 is 1.32 bits per heavy atom. The maximum absolute atomic E-state index is 12.6. The van der Waals surface area contributed by atoms with Gasteiger partial charge in [0.05, 0.1) is 5.69 Å². The van der Waals surface area contributed by atoms with E-state index in [1.807, 2.05) is 39.8 Å². The highest BCUT2D eigenvalue weighted by molar-refractivity contribution is 5.98. The third-order valence-electron chi connectivity index (χ3n) is 3.12. The highest BCUT2D eigenvalue weighted by atomic mass is 16.5. The number of aryl methyl sites for hydroxylation is 2. The van der Waals surface area contributed by atoms with Crippen molar-refractivity contribution in [2.24, 2.45) is 5.41 Å². The van der Waals surface area contributed by atoms with Crippen LogP contribution in [-0.4, -0.2) is 19.7 Å². The van der Waals surface area contributed by atoms with Gasteiger partial charge in [-0.15, -0.1) is 0 Å². The summed E-state index contributed by atoms with van der Waals surface area (Å²) < 4.78 is 5.23. The third-order valence-corrected chi connectivity index (χ3v) is 3.12. The van der Waals surface area contributed by atoms with Gasteiger partial charge in [0.2, 0.25) is 5.91 Å². The minimum Gasteiger partial charge on any atom is -0.364 e. The molecule has 0 unspecified atom stereocenters. The standard InChI is InChI=1S/C16H25NO2/c1-7-13-10-8-9-12(2)14(13)17(11-19-6)15(18)16(3,4)5/h8-10H,7,11H2,1-6H3. The van der Waals surface area contributed by atoms with E-state index in [0.29, 0.717) is 0 Å². The van der Waals surface area contributed by atoms with Gasteiger partial charge in [-0.3, -0.25) is 9.69 Å². The molecule has 106 valence electrons. The molecule has 0 saturated carbocycles. The van der Waals surface area contributed by atoms with Crippen molar-refractivity contribution in [2.75, 3.05) is 18.7 Å². The molecule has 0 aliphatic heterocycles. The Labute approximate surface area is 116 Å². The van der Waals surface area contributed by atoms with Crippen LogP contribution in [0.25, 0.3) is 0 Å². The molecule has 1 aromatic rings. The second kappa shape index (κ2) is 6.20. The van der Waals surface area contributed by atoms with E-state index in [2.05, 4.69) is 13.0 Å². The van der Waals surface area contributed by atoms with Crippen LogP contribution in [0.5, 0.6) is 0 Å². The minimum atomic E-state index is -0.425. The van der Waals surface area contributed by atoms with Crippen LogP contribution in [0, 0.1) is 12.3 Å². The van der Waals surface area contributed by atoms with Crippen molar-refractivity contribution in [3.63, 3.8) is 0 Å². The molecule has 0 heterocycles. The molecule has 0 aromatic heterocycles. The number of carbonyl (C=O) groups is 1. The van der Waals surface area contributed by atoms with E-state index in [1.54, 1.807) is 12.0 Å². The van der Waals surface area contributed by atoms with E-state index in [9.17, 15) is 4.79 Å². The number of rotatable bonds is 4. The largest absolute Gasteiger partial charge is 0.364 e. The van der Waals surface area contributed by atoms with Crippen molar-refractivity contribution < 1.29 is 9.53 Å². The van der Waals surface area contributed by atoms with Crippen LogP contribution in [-0.2, 0) is 16.0 Å². The van der Waals surface area contributed by atoms with Crippen LogP contribution in [0.4, 0.5) is 5.69 Å². The highest BCUT2D eigenvalue weighted by Crippen LogP contribution is 2.29. The van der Waals surface area contributed by atoms with Crippen molar-refractivity contribution in [2.45, 2.75) is 41.0 Å². The minimum absolute atomic E-state index is 0.0818. The van der Waals surface area contributed by atoms with Gasteiger partial charge in [0.25, 0.3) is 0 Å². The fourth-order valence-corrected chi connectivity index (χ4v) is 2.15. The monoisotopic (exact) mass is 263 g/mol. The topological polar surface area (TPSA) is 29.5 Å². The zero-order valence-electron chi connectivity index (χ0n) is 12.9. The Kier molecular flexibility index (Phi) is 5.12. The molecule has 0 spiro atoms. The van der Waals surface area contributed by atoms with Crippen LogP contribution in [0.1, 0.15) is 38.8 Å². The summed E-state index contributed by atoms with van der Waals surface area (Å²) in [6.07, 6.45) is 0.897. The maximum atomic E-state index is 12.6. The van der Waals surface area contributed by atoms with E-state index >= 15 is 0 Å². The summed E-state index contributed by atoms with van der Waals surface area (Å²) in [7, 11) is 1.62. The predicted octanol–water partition coefficient (Wildman–Crippen LogP) is 3.54. The molecule has 0 radical (unpaired) electrons. The summed E-state index contributed by atoms with van der Waals surface area (Å²) in [4.78, 5) is 14.4. The Bertz CT molecular complexity index is 447. The van der Waals surface area contributed by atoms with Crippen molar-refractivity contribution in [3.8, 4) is 0 Å². The molecule has 0 bridgehead atoms. The van der Waals surface area contributed by atoms with Crippen molar-refractivity contribution >= 4 is 11.6 Å². The van der Waals surface area contributed by atoms with E-state index in [-0.39, 0.29) is 12.6 Å². The summed E-state index contributed by atoms with van der Waals surface area (Å²) in [5, 5.41) is 0. The molecule has 0 aliphatic carbocycles. The third kappa shape index (κ3) is 3.57. The van der Waals surface area contributed by atoms with Crippen LogP contribution >= 0.6 is 0 Å². The van der Waals surface area contributed by atoms with Gasteiger partial charge in [0.15, 0.2) is 0 Å². The zero-order valence-corrected chi connectivity index (χ0v) is 12.9. The van der Waals surface area contributed by atoms with E-state index in [0.717, 1.165) is 17.7 Å². The summed E-state index contributed by atoms with van der Waals surface area (Å²) >= 11 is 0. The molecule has 0 atom stereocenters. The number of hydrogen-bond acceptors (Lipinski definition) is 2. The molecule has 0 N–H and O–H groups in total. The molecule has 1 amide bonds. The first kappa shape index (κ1) is 15.7. The van der Waals surface area contributed by atoms with Crippen molar-refractivity contribution in [1.29, 1.82) is 0 Å². The summed E-state index contributed by atoms with van der Waals surface area (Å²) in [6, 6.07) is 6.14. The van der Waals surface area contributed by atoms with Crippen LogP contribution < -0.4 is 4.90 Å². The molecular weight excluding hydrogens is 238 g/mol. The lowest BCUT2D eigenvalue weighted by molar-refractivity contribution is -0.126. The van der Waals surface area contributed by atoms with Crippen LogP contribution in [0.15, 0.2) is 18.2 Å². The lowest BCUT2D eigenvalue weighted by atomic mass is 9.93. The molecular formula is C16H25NO2. The van der Waals surface area contributed by atoms with E-state index in [4.69, 9.17) is 4.74 Å². The Morgan fingerprint density at radius 3 is 2.42 bits per heavy atom. The number of benzene rings is 1. The highest BCUT2D eigenvalue weighted by Gasteiger charge is 2.29.